The number of anilines is 1. The summed E-state index contributed by atoms with van der Waals surface area (Å²) in [6.07, 6.45) is 3.67. The monoisotopic (exact) mass is 527 g/mol. The predicted octanol–water partition coefficient (Wildman–Crippen LogP) is 6.06. The lowest BCUT2D eigenvalue weighted by molar-refractivity contribution is 0.177. The van der Waals surface area contributed by atoms with E-state index >= 15 is 0 Å². The molecular weight excluding hydrogens is 508 g/mol. The highest BCUT2D eigenvalue weighted by Gasteiger charge is 2.20. The summed E-state index contributed by atoms with van der Waals surface area (Å²) in [6.45, 7) is 4.82. The number of piperazine rings is 1. The summed E-state index contributed by atoms with van der Waals surface area (Å²) in [4.78, 5) is 4.53. The van der Waals surface area contributed by atoms with Crippen LogP contribution in [-0.2, 0) is 13.1 Å². The second kappa shape index (κ2) is 10.6. The number of nitrogens with one attached hydrogen (secondary N) is 1. The molecule has 0 unspecified atom stereocenters. The SMILES string of the molecule is S=C(Nc1cnn(Cc2ccc(Cl)cc2Cl)c1)N1CCN(Cc2ccc(Cl)cc2Cl)CC1. The van der Waals surface area contributed by atoms with Gasteiger partial charge in [-0.25, -0.2) is 0 Å². The van der Waals surface area contributed by atoms with Gasteiger partial charge in [-0.15, -0.1) is 0 Å². The zero-order valence-corrected chi connectivity index (χ0v) is 20.9. The third-order valence-corrected chi connectivity index (χ3v) is 6.83. The Bertz CT molecular complexity index is 1110. The number of halogens is 4. The molecule has 0 spiro atoms. The second-order valence-electron chi connectivity index (χ2n) is 7.59. The van der Waals surface area contributed by atoms with E-state index < -0.39 is 0 Å². The smallest absolute Gasteiger partial charge is 0.173 e. The van der Waals surface area contributed by atoms with Crippen LogP contribution in [0, 0.1) is 0 Å². The quantitative estimate of drug-likeness (QED) is 0.407. The number of hydrogen-bond donors (Lipinski definition) is 1. The Labute approximate surface area is 212 Å². The van der Waals surface area contributed by atoms with Gasteiger partial charge in [0.2, 0.25) is 0 Å². The Morgan fingerprint density at radius 2 is 1.47 bits per heavy atom. The summed E-state index contributed by atoms with van der Waals surface area (Å²) in [5.41, 5.74) is 2.87. The van der Waals surface area contributed by atoms with Crippen LogP contribution in [0.5, 0.6) is 0 Å². The Balaban J connectivity index is 1.28. The Hall–Kier alpha value is -1.54. The molecule has 0 amide bonds. The average Bonchev–Trinajstić information content (AvgIpc) is 3.19. The minimum Gasteiger partial charge on any atom is -0.346 e. The molecule has 0 radical (unpaired) electrons. The predicted molar refractivity (Wildman–Crippen MR) is 137 cm³/mol. The largest absolute Gasteiger partial charge is 0.346 e. The first kappa shape index (κ1) is 23.6. The molecule has 3 aromatic rings. The van der Waals surface area contributed by atoms with Crippen LogP contribution in [0.3, 0.4) is 0 Å². The van der Waals surface area contributed by atoms with Crippen LogP contribution in [-0.4, -0.2) is 50.9 Å². The van der Waals surface area contributed by atoms with Crippen molar-refractivity contribution in [2.24, 2.45) is 0 Å². The van der Waals surface area contributed by atoms with Gasteiger partial charge in [-0.2, -0.15) is 5.10 Å². The maximum Gasteiger partial charge on any atom is 0.173 e. The minimum absolute atomic E-state index is 0.552. The average molecular weight is 529 g/mol. The third kappa shape index (κ3) is 6.07. The molecular formula is C22H21Cl4N5S. The van der Waals surface area contributed by atoms with Crippen LogP contribution in [0.2, 0.25) is 20.1 Å². The fraction of sp³-hybridized carbons (Fsp3) is 0.273. The highest BCUT2D eigenvalue weighted by atomic mass is 35.5. The molecule has 5 nitrogen and oxygen atoms in total. The van der Waals surface area contributed by atoms with Crippen molar-refractivity contribution in [3.63, 3.8) is 0 Å². The van der Waals surface area contributed by atoms with Crippen molar-refractivity contribution in [1.82, 2.24) is 19.6 Å². The van der Waals surface area contributed by atoms with Gasteiger partial charge in [-0.1, -0.05) is 58.5 Å². The van der Waals surface area contributed by atoms with Gasteiger partial charge in [-0.3, -0.25) is 9.58 Å². The standard InChI is InChI=1S/C22H21Cl4N5S/c23-17-3-1-15(20(25)9-17)12-29-5-7-30(8-6-29)22(32)28-19-11-27-31(14-19)13-16-2-4-18(24)10-21(16)26/h1-4,9-11,14H,5-8,12-13H2,(H,28,32). The zero-order valence-electron chi connectivity index (χ0n) is 17.1. The molecule has 1 aliphatic rings. The van der Waals surface area contributed by atoms with E-state index in [4.69, 9.17) is 58.6 Å². The summed E-state index contributed by atoms with van der Waals surface area (Å²) < 4.78 is 1.81. The number of aromatic nitrogens is 2. The number of rotatable bonds is 5. The van der Waals surface area contributed by atoms with Gasteiger partial charge >= 0.3 is 0 Å². The van der Waals surface area contributed by atoms with E-state index in [2.05, 4.69) is 20.2 Å². The maximum atomic E-state index is 6.31. The fourth-order valence-electron chi connectivity index (χ4n) is 3.54. The molecule has 0 saturated carbocycles. The molecule has 10 heteroatoms. The molecule has 0 atom stereocenters. The molecule has 1 N–H and O–H groups in total. The number of benzene rings is 2. The topological polar surface area (TPSA) is 36.3 Å². The van der Waals surface area contributed by atoms with Crippen molar-refractivity contribution in [3.8, 4) is 0 Å². The van der Waals surface area contributed by atoms with Crippen LogP contribution in [0.15, 0.2) is 48.8 Å². The van der Waals surface area contributed by atoms with E-state index in [1.165, 1.54) is 0 Å². The highest BCUT2D eigenvalue weighted by molar-refractivity contribution is 7.80. The van der Waals surface area contributed by atoms with Crippen LogP contribution < -0.4 is 5.32 Å². The summed E-state index contributed by atoms with van der Waals surface area (Å²) in [6, 6.07) is 11.1. The zero-order chi connectivity index (χ0) is 22.7. The highest BCUT2D eigenvalue weighted by Crippen LogP contribution is 2.24. The van der Waals surface area contributed by atoms with Gasteiger partial charge in [0.25, 0.3) is 0 Å². The van der Waals surface area contributed by atoms with E-state index in [0.717, 1.165) is 49.5 Å². The Kier molecular flexibility index (Phi) is 7.82. The molecule has 1 aliphatic heterocycles. The lowest BCUT2D eigenvalue weighted by Crippen LogP contribution is -2.49. The molecule has 168 valence electrons. The van der Waals surface area contributed by atoms with Gasteiger partial charge in [0, 0.05) is 59.0 Å². The van der Waals surface area contributed by atoms with E-state index in [1.54, 1.807) is 18.3 Å². The molecule has 0 aliphatic carbocycles. The van der Waals surface area contributed by atoms with E-state index in [0.29, 0.717) is 31.7 Å². The van der Waals surface area contributed by atoms with Crippen LogP contribution in [0.1, 0.15) is 11.1 Å². The minimum atomic E-state index is 0.552. The fourth-order valence-corrected chi connectivity index (χ4v) is 4.78. The normalized spacial score (nSPS) is 14.6. The van der Waals surface area contributed by atoms with Gasteiger partial charge in [0.1, 0.15) is 0 Å². The number of thiocarbonyl (C=S) groups is 1. The molecule has 1 fully saturated rings. The molecule has 1 aromatic heterocycles. The van der Waals surface area contributed by atoms with Crippen LogP contribution >= 0.6 is 58.6 Å². The van der Waals surface area contributed by atoms with Crippen LogP contribution in [0.25, 0.3) is 0 Å². The second-order valence-corrected chi connectivity index (χ2v) is 9.67. The van der Waals surface area contributed by atoms with Crippen molar-refractivity contribution < 1.29 is 0 Å². The van der Waals surface area contributed by atoms with Crippen molar-refractivity contribution in [3.05, 3.63) is 80.0 Å². The first-order valence-electron chi connectivity index (χ1n) is 10.1. The van der Waals surface area contributed by atoms with E-state index in [9.17, 15) is 0 Å². The van der Waals surface area contributed by atoms with Gasteiger partial charge in [0.05, 0.1) is 18.4 Å². The summed E-state index contributed by atoms with van der Waals surface area (Å²) in [5.74, 6) is 0. The van der Waals surface area contributed by atoms with Crippen molar-refractivity contribution in [1.29, 1.82) is 0 Å². The van der Waals surface area contributed by atoms with Crippen molar-refractivity contribution in [2.45, 2.75) is 13.1 Å². The molecule has 1 saturated heterocycles. The summed E-state index contributed by atoms with van der Waals surface area (Å²) in [5, 5.41) is 11.0. The summed E-state index contributed by atoms with van der Waals surface area (Å²) in [7, 11) is 0. The number of nitrogens with zero attached hydrogens (tertiary/aromatic N) is 4. The van der Waals surface area contributed by atoms with Gasteiger partial charge in [0.15, 0.2) is 5.11 Å². The number of hydrogen-bond acceptors (Lipinski definition) is 3. The van der Waals surface area contributed by atoms with Gasteiger partial charge in [-0.05, 0) is 47.6 Å². The molecule has 32 heavy (non-hydrogen) atoms. The lowest BCUT2D eigenvalue weighted by Gasteiger charge is -2.36. The Morgan fingerprint density at radius 3 is 2.06 bits per heavy atom. The molecule has 0 bridgehead atoms. The molecule has 4 rings (SSSR count). The lowest BCUT2D eigenvalue weighted by atomic mass is 10.2. The Morgan fingerprint density at radius 1 is 0.875 bits per heavy atom. The van der Waals surface area contributed by atoms with Crippen molar-refractivity contribution in [2.75, 3.05) is 31.5 Å². The molecule has 2 aromatic carbocycles. The van der Waals surface area contributed by atoms with Gasteiger partial charge < -0.3 is 10.2 Å². The van der Waals surface area contributed by atoms with Crippen molar-refractivity contribution >= 4 is 69.4 Å². The van der Waals surface area contributed by atoms with E-state index in [-0.39, 0.29) is 0 Å². The third-order valence-electron chi connectivity index (χ3n) is 5.30. The first-order chi connectivity index (χ1) is 15.4. The maximum absolute atomic E-state index is 6.31. The van der Waals surface area contributed by atoms with E-state index in [1.807, 2.05) is 35.1 Å². The summed E-state index contributed by atoms with van der Waals surface area (Å²) >= 11 is 30.2. The first-order valence-corrected chi connectivity index (χ1v) is 12.0. The van der Waals surface area contributed by atoms with Crippen LogP contribution in [0.4, 0.5) is 5.69 Å². The molecule has 2 heterocycles.